The van der Waals surface area contributed by atoms with Crippen molar-refractivity contribution in [3.05, 3.63) is 35.9 Å². The molecule has 0 heterocycles. The van der Waals surface area contributed by atoms with Gasteiger partial charge in [-0.1, -0.05) is 37.3 Å². The Labute approximate surface area is 109 Å². The van der Waals surface area contributed by atoms with Gasteiger partial charge in [-0.15, -0.1) is 0 Å². The lowest BCUT2D eigenvalue weighted by Crippen LogP contribution is -2.46. The van der Waals surface area contributed by atoms with Gasteiger partial charge in [0, 0.05) is 12.6 Å². The van der Waals surface area contributed by atoms with Crippen LogP contribution in [0.3, 0.4) is 0 Å². The molecular weight excluding hydrogens is 224 g/mol. The lowest BCUT2D eigenvalue weighted by molar-refractivity contribution is -0.133. The first-order valence-electron chi connectivity index (χ1n) is 6.82. The number of benzene rings is 1. The first kappa shape index (κ1) is 13.1. The van der Waals surface area contributed by atoms with E-state index < -0.39 is 6.04 Å². The molecule has 1 aromatic rings. The van der Waals surface area contributed by atoms with Crippen LogP contribution in [0.15, 0.2) is 30.3 Å². The SMILES string of the molecule is CCCN(C(=O)[C@H](N)Cc1ccccc1)C1CC1. The minimum atomic E-state index is -0.403. The van der Waals surface area contributed by atoms with Crippen molar-refractivity contribution in [1.82, 2.24) is 4.90 Å². The Kier molecular flexibility index (Phi) is 4.37. The van der Waals surface area contributed by atoms with E-state index in [0.717, 1.165) is 31.4 Å². The minimum Gasteiger partial charge on any atom is -0.338 e. The zero-order chi connectivity index (χ0) is 13.0. The molecule has 1 fully saturated rings. The van der Waals surface area contributed by atoms with Crippen molar-refractivity contribution >= 4 is 5.91 Å². The fourth-order valence-corrected chi connectivity index (χ4v) is 2.27. The molecule has 0 aromatic heterocycles. The van der Waals surface area contributed by atoms with Crippen molar-refractivity contribution in [3.63, 3.8) is 0 Å². The fourth-order valence-electron chi connectivity index (χ4n) is 2.27. The molecular formula is C15H22N2O. The van der Waals surface area contributed by atoms with Crippen molar-refractivity contribution in [3.8, 4) is 0 Å². The second kappa shape index (κ2) is 6.01. The van der Waals surface area contributed by atoms with Crippen molar-refractivity contribution < 1.29 is 4.79 Å². The summed E-state index contributed by atoms with van der Waals surface area (Å²) in [5.41, 5.74) is 7.18. The summed E-state index contributed by atoms with van der Waals surface area (Å²) in [5.74, 6) is 0.114. The monoisotopic (exact) mass is 246 g/mol. The molecule has 2 N–H and O–H groups in total. The Hall–Kier alpha value is -1.35. The van der Waals surface area contributed by atoms with Crippen molar-refractivity contribution in [1.29, 1.82) is 0 Å². The highest BCUT2D eigenvalue weighted by molar-refractivity contribution is 5.82. The Morgan fingerprint density at radius 1 is 1.39 bits per heavy atom. The summed E-state index contributed by atoms with van der Waals surface area (Å²) in [6, 6.07) is 10.0. The van der Waals surface area contributed by atoms with Gasteiger partial charge in [0.25, 0.3) is 0 Å². The first-order valence-corrected chi connectivity index (χ1v) is 6.82. The quantitative estimate of drug-likeness (QED) is 0.834. The van der Waals surface area contributed by atoms with Gasteiger partial charge in [-0.3, -0.25) is 4.79 Å². The number of hydrogen-bond donors (Lipinski definition) is 1. The van der Waals surface area contributed by atoms with E-state index in [1.165, 1.54) is 0 Å². The molecule has 2 rings (SSSR count). The lowest BCUT2D eigenvalue weighted by atomic mass is 10.1. The third kappa shape index (κ3) is 3.33. The van der Waals surface area contributed by atoms with E-state index in [2.05, 4.69) is 6.92 Å². The second-order valence-corrected chi connectivity index (χ2v) is 5.06. The zero-order valence-corrected chi connectivity index (χ0v) is 11.0. The standard InChI is InChI=1S/C15H22N2O/c1-2-10-17(13-8-9-13)15(18)14(16)11-12-6-4-3-5-7-12/h3-7,13-14H,2,8-11,16H2,1H3/t14-/m1/s1. The highest BCUT2D eigenvalue weighted by Gasteiger charge is 2.33. The van der Waals surface area contributed by atoms with Crippen LogP contribution in [0.25, 0.3) is 0 Å². The number of hydrogen-bond acceptors (Lipinski definition) is 2. The third-order valence-corrected chi connectivity index (χ3v) is 3.35. The predicted molar refractivity (Wildman–Crippen MR) is 73.1 cm³/mol. The maximum atomic E-state index is 12.3. The number of nitrogens with zero attached hydrogens (tertiary/aromatic N) is 1. The molecule has 1 aliphatic carbocycles. The molecule has 1 atom stereocenters. The van der Waals surface area contributed by atoms with E-state index in [1.807, 2.05) is 35.2 Å². The maximum Gasteiger partial charge on any atom is 0.240 e. The van der Waals surface area contributed by atoms with Gasteiger partial charge in [0.15, 0.2) is 0 Å². The number of rotatable bonds is 6. The van der Waals surface area contributed by atoms with Crippen LogP contribution >= 0.6 is 0 Å². The van der Waals surface area contributed by atoms with Crippen LogP contribution in [0.2, 0.25) is 0 Å². The number of amides is 1. The second-order valence-electron chi connectivity index (χ2n) is 5.06. The highest BCUT2D eigenvalue weighted by Crippen LogP contribution is 2.27. The van der Waals surface area contributed by atoms with E-state index in [0.29, 0.717) is 12.5 Å². The molecule has 0 aliphatic heterocycles. The summed E-state index contributed by atoms with van der Waals surface area (Å²) in [5, 5.41) is 0. The van der Waals surface area contributed by atoms with E-state index in [4.69, 9.17) is 5.73 Å². The van der Waals surface area contributed by atoms with E-state index in [9.17, 15) is 4.79 Å². The van der Waals surface area contributed by atoms with Gasteiger partial charge in [-0.25, -0.2) is 0 Å². The zero-order valence-electron chi connectivity index (χ0n) is 11.0. The van der Waals surface area contributed by atoms with Gasteiger partial charge in [0.2, 0.25) is 5.91 Å². The van der Waals surface area contributed by atoms with Crippen molar-refractivity contribution in [2.24, 2.45) is 5.73 Å². The summed E-state index contributed by atoms with van der Waals surface area (Å²) in [6.45, 7) is 2.94. The molecule has 0 bridgehead atoms. The molecule has 98 valence electrons. The summed E-state index contributed by atoms with van der Waals surface area (Å²) in [7, 11) is 0. The summed E-state index contributed by atoms with van der Waals surface area (Å²) in [4.78, 5) is 14.3. The minimum absolute atomic E-state index is 0.114. The molecule has 18 heavy (non-hydrogen) atoms. The Bertz CT molecular complexity index is 387. The summed E-state index contributed by atoms with van der Waals surface area (Å²) in [6.07, 6.45) is 3.92. The smallest absolute Gasteiger partial charge is 0.240 e. The topological polar surface area (TPSA) is 46.3 Å². The van der Waals surface area contributed by atoms with Gasteiger partial charge < -0.3 is 10.6 Å². The average molecular weight is 246 g/mol. The van der Waals surface area contributed by atoms with Crippen LogP contribution in [-0.2, 0) is 11.2 Å². The largest absolute Gasteiger partial charge is 0.338 e. The molecule has 0 saturated heterocycles. The van der Waals surface area contributed by atoms with Crippen LogP contribution < -0.4 is 5.73 Å². The lowest BCUT2D eigenvalue weighted by Gasteiger charge is -2.25. The van der Waals surface area contributed by atoms with Crippen LogP contribution in [-0.4, -0.2) is 29.4 Å². The first-order chi connectivity index (χ1) is 8.72. The highest BCUT2D eigenvalue weighted by atomic mass is 16.2. The van der Waals surface area contributed by atoms with E-state index >= 15 is 0 Å². The average Bonchev–Trinajstić information content (AvgIpc) is 3.20. The number of nitrogens with two attached hydrogens (primary N) is 1. The summed E-state index contributed by atoms with van der Waals surface area (Å²) >= 11 is 0. The Morgan fingerprint density at radius 3 is 2.61 bits per heavy atom. The van der Waals surface area contributed by atoms with Gasteiger partial charge in [0.05, 0.1) is 6.04 Å². The molecule has 0 spiro atoms. The van der Waals surface area contributed by atoms with E-state index in [-0.39, 0.29) is 5.91 Å². The van der Waals surface area contributed by atoms with E-state index in [1.54, 1.807) is 0 Å². The molecule has 0 unspecified atom stereocenters. The molecule has 1 aromatic carbocycles. The van der Waals surface area contributed by atoms with Gasteiger partial charge >= 0.3 is 0 Å². The third-order valence-electron chi connectivity index (χ3n) is 3.35. The van der Waals surface area contributed by atoms with Crippen molar-refractivity contribution in [2.45, 2.75) is 44.7 Å². The maximum absolute atomic E-state index is 12.3. The summed E-state index contributed by atoms with van der Waals surface area (Å²) < 4.78 is 0. The predicted octanol–water partition coefficient (Wildman–Crippen LogP) is 1.96. The molecule has 1 aliphatic rings. The van der Waals surface area contributed by atoms with Gasteiger partial charge in [-0.2, -0.15) is 0 Å². The van der Waals surface area contributed by atoms with Crippen molar-refractivity contribution in [2.75, 3.05) is 6.54 Å². The van der Waals surface area contributed by atoms with Crippen LogP contribution in [0.4, 0.5) is 0 Å². The molecule has 3 heteroatoms. The van der Waals surface area contributed by atoms with Gasteiger partial charge in [0.1, 0.15) is 0 Å². The normalized spacial score (nSPS) is 16.3. The molecule has 3 nitrogen and oxygen atoms in total. The Morgan fingerprint density at radius 2 is 2.06 bits per heavy atom. The van der Waals surface area contributed by atoms with Crippen LogP contribution in [0, 0.1) is 0 Å². The molecule has 0 radical (unpaired) electrons. The molecule has 1 amide bonds. The fraction of sp³-hybridized carbons (Fsp3) is 0.533. The van der Waals surface area contributed by atoms with Gasteiger partial charge in [-0.05, 0) is 31.2 Å². The van der Waals surface area contributed by atoms with Crippen LogP contribution in [0.5, 0.6) is 0 Å². The number of carbonyl (C=O) groups excluding carboxylic acids is 1. The Balaban J connectivity index is 1.94. The van der Waals surface area contributed by atoms with Crippen LogP contribution in [0.1, 0.15) is 31.7 Å². The number of carbonyl (C=O) groups is 1. The molecule has 1 saturated carbocycles.